The summed E-state index contributed by atoms with van der Waals surface area (Å²) < 4.78 is 5.39. The standard InChI is InChI=1S/C15H27NO3/c1-3-4-5-6-7-8-15(18)16-13-9-12(2)11-19-14(13)10-17/h9,11-14,17H,3-8,10H2,1-2H3,(H,16,18)/t12-,13?,14-/m0/s1. The molecule has 1 fully saturated rings. The lowest BCUT2D eigenvalue weighted by molar-refractivity contribution is -0.123. The Morgan fingerprint density at radius 2 is 2.05 bits per heavy atom. The number of aliphatic hydroxyl groups excluding tert-OH is 1. The van der Waals surface area contributed by atoms with E-state index in [-0.39, 0.29) is 30.6 Å². The van der Waals surface area contributed by atoms with E-state index in [2.05, 4.69) is 12.2 Å². The van der Waals surface area contributed by atoms with Crippen molar-refractivity contribution in [3.05, 3.63) is 13.0 Å². The van der Waals surface area contributed by atoms with Crippen LogP contribution in [0.4, 0.5) is 0 Å². The molecule has 0 spiro atoms. The van der Waals surface area contributed by atoms with Gasteiger partial charge in [-0.3, -0.25) is 4.79 Å². The summed E-state index contributed by atoms with van der Waals surface area (Å²) in [5.41, 5.74) is 0. The molecule has 1 aliphatic rings. The Kier molecular flexibility index (Phi) is 8.07. The maximum atomic E-state index is 11.8. The summed E-state index contributed by atoms with van der Waals surface area (Å²) >= 11 is 0. The van der Waals surface area contributed by atoms with E-state index in [9.17, 15) is 9.90 Å². The third kappa shape index (κ3) is 6.39. The van der Waals surface area contributed by atoms with Gasteiger partial charge in [-0.15, -0.1) is 0 Å². The first kappa shape index (κ1) is 16.4. The van der Waals surface area contributed by atoms with Gasteiger partial charge in [-0.05, 0) is 18.8 Å². The summed E-state index contributed by atoms with van der Waals surface area (Å²) in [7, 11) is 0. The summed E-state index contributed by atoms with van der Waals surface area (Å²) in [6.07, 6.45) is 7.93. The second kappa shape index (κ2) is 9.32. The van der Waals surface area contributed by atoms with Gasteiger partial charge in [0.1, 0.15) is 6.10 Å². The number of ether oxygens (including phenoxy) is 1. The van der Waals surface area contributed by atoms with Crippen LogP contribution in [0.2, 0.25) is 0 Å². The predicted octanol–water partition coefficient (Wildman–Crippen LogP) is 2.22. The largest absolute Gasteiger partial charge is 0.394 e. The molecule has 110 valence electrons. The third-order valence-corrected chi connectivity index (χ3v) is 3.39. The molecule has 4 nitrogen and oxygen atoms in total. The Bertz CT molecular complexity index is 258. The number of unbranched alkanes of at least 4 members (excludes halogenated alkanes) is 4. The molecule has 19 heavy (non-hydrogen) atoms. The zero-order chi connectivity index (χ0) is 14.1. The van der Waals surface area contributed by atoms with Gasteiger partial charge in [0, 0.05) is 6.42 Å². The van der Waals surface area contributed by atoms with Crippen LogP contribution in [0.25, 0.3) is 0 Å². The summed E-state index contributed by atoms with van der Waals surface area (Å²) in [5, 5.41) is 12.2. The molecular formula is C15H27NO3. The van der Waals surface area contributed by atoms with Gasteiger partial charge in [0.25, 0.3) is 0 Å². The molecule has 1 aliphatic heterocycles. The Hall–Kier alpha value is -0.610. The van der Waals surface area contributed by atoms with E-state index in [0.717, 1.165) is 12.8 Å². The fourth-order valence-corrected chi connectivity index (χ4v) is 2.25. The highest BCUT2D eigenvalue weighted by atomic mass is 16.5. The maximum absolute atomic E-state index is 11.8. The summed E-state index contributed by atoms with van der Waals surface area (Å²) in [4.78, 5) is 11.8. The number of hydrogen-bond donors (Lipinski definition) is 2. The highest BCUT2D eigenvalue weighted by molar-refractivity contribution is 5.76. The van der Waals surface area contributed by atoms with E-state index >= 15 is 0 Å². The average molecular weight is 269 g/mol. The SMILES string of the molecule is CCCCCCCC(=O)NC1[CH][C@H](C)[CH]O[C@H]1CO. The quantitative estimate of drug-likeness (QED) is 0.664. The van der Waals surface area contributed by atoms with Gasteiger partial charge in [0.2, 0.25) is 5.91 Å². The van der Waals surface area contributed by atoms with Crippen LogP contribution >= 0.6 is 0 Å². The summed E-state index contributed by atoms with van der Waals surface area (Å²) in [6, 6.07) is -0.187. The van der Waals surface area contributed by atoms with E-state index in [0.29, 0.717) is 6.42 Å². The van der Waals surface area contributed by atoms with Crippen LogP contribution in [0.1, 0.15) is 52.4 Å². The Morgan fingerprint density at radius 3 is 2.74 bits per heavy atom. The molecule has 0 aromatic rings. The first-order chi connectivity index (χ1) is 9.17. The molecule has 4 heteroatoms. The van der Waals surface area contributed by atoms with Crippen LogP contribution in [-0.2, 0) is 9.53 Å². The third-order valence-electron chi connectivity index (χ3n) is 3.39. The number of carbonyl (C=O) groups is 1. The molecule has 2 N–H and O–H groups in total. The molecule has 2 radical (unpaired) electrons. The molecule has 0 aliphatic carbocycles. The first-order valence-corrected chi connectivity index (χ1v) is 7.41. The number of carbonyl (C=O) groups excluding carboxylic acids is 1. The molecule has 0 aromatic carbocycles. The van der Waals surface area contributed by atoms with Gasteiger partial charge in [-0.2, -0.15) is 0 Å². The molecule has 1 amide bonds. The molecule has 1 unspecified atom stereocenters. The van der Waals surface area contributed by atoms with Crippen molar-refractivity contribution in [2.45, 2.75) is 64.5 Å². The number of aliphatic hydroxyl groups is 1. The van der Waals surface area contributed by atoms with Gasteiger partial charge in [-0.1, -0.05) is 39.5 Å². The van der Waals surface area contributed by atoms with Crippen molar-refractivity contribution in [2.24, 2.45) is 5.92 Å². The molecule has 1 saturated heterocycles. The lowest BCUT2D eigenvalue weighted by atomic mass is 9.95. The van der Waals surface area contributed by atoms with Gasteiger partial charge in [-0.25, -0.2) is 0 Å². The van der Waals surface area contributed by atoms with Crippen molar-refractivity contribution >= 4 is 5.91 Å². The van der Waals surface area contributed by atoms with E-state index in [1.54, 1.807) is 6.61 Å². The minimum atomic E-state index is -0.347. The van der Waals surface area contributed by atoms with Crippen molar-refractivity contribution in [3.8, 4) is 0 Å². The van der Waals surface area contributed by atoms with Crippen molar-refractivity contribution < 1.29 is 14.6 Å². The first-order valence-electron chi connectivity index (χ1n) is 7.41. The van der Waals surface area contributed by atoms with Crippen LogP contribution in [0.15, 0.2) is 0 Å². The predicted molar refractivity (Wildman–Crippen MR) is 75.0 cm³/mol. The maximum Gasteiger partial charge on any atom is 0.220 e. The molecule has 0 aromatic heterocycles. The molecule has 1 heterocycles. The number of amides is 1. The molecule has 0 saturated carbocycles. The van der Waals surface area contributed by atoms with Crippen molar-refractivity contribution in [2.75, 3.05) is 6.61 Å². The molecule has 0 bridgehead atoms. The lowest BCUT2D eigenvalue weighted by Gasteiger charge is -2.33. The zero-order valence-electron chi connectivity index (χ0n) is 12.1. The van der Waals surface area contributed by atoms with Crippen molar-refractivity contribution in [1.82, 2.24) is 5.32 Å². The molecule has 3 atom stereocenters. The van der Waals surface area contributed by atoms with E-state index in [4.69, 9.17) is 4.74 Å². The van der Waals surface area contributed by atoms with Crippen LogP contribution in [-0.4, -0.2) is 29.8 Å². The molecule has 1 rings (SSSR count). The highest BCUT2D eigenvalue weighted by Gasteiger charge is 2.30. The topological polar surface area (TPSA) is 58.6 Å². The minimum Gasteiger partial charge on any atom is -0.394 e. The number of nitrogens with one attached hydrogen (secondary N) is 1. The van der Waals surface area contributed by atoms with E-state index in [1.807, 2.05) is 13.3 Å². The normalized spacial score (nSPS) is 27.2. The van der Waals surface area contributed by atoms with Crippen LogP contribution in [0.3, 0.4) is 0 Å². The monoisotopic (exact) mass is 269 g/mol. The zero-order valence-corrected chi connectivity index (χ0v) is 12.1. The second-order valence-corrected chi connectivity index (χ2v) is 5.30. The van der Waals surface area contributed by atoms with Gasteiger partial charge in [0.15, 0.2) is 0 Å². The van der Waals surface area contributed by atoms with Gasteiger partial charge in [0.05, 0.1) is 19.3 Å². The lowest BCUT2D eigenvalue weighted by Crippen LogP contribution is -2.50. The smallest absolute Gasteiger partial charge is 0.220 e. The molecular weight excluding hydrogens is 242 g/mol. The van der Waals surface area contributed by atoms with Gasteiger partial charge < -0.3 is 15.2 Å². The average Bonchev–Trinajstić information content (AvgIpc) is 2.39. The fourth-order valence-electron chi connectivity index (χ4n) is 2.25. The van der Waals surface area contributed by atoms with E-state index in [1.165, 1.54) is 19.3 Å². The minimum absolute atomic E-state index is 0.0499. The summed E-state index contributed by atoms with van der Waals surface area (Å²) in [6.45, 7) is 5.80. The van der Waals surface area contributed by atoms with Crippen molar-refractivity contribution in [3.63, 3.8) is 0 Å². The van der Waals surface area contributed by atoms with Gasteiger partial charge >= 0.3 is 0 Å². The highest BCUT2D eigenvalue weighted by Crippen LogP contribution is 2.21. The van der Waals surface area contributed by atoms with Crippen LogP contribution in [0, 0.1) is 18.9 Å². The Labute approximate surface area is 116 Å². The van der Waals surface area contributed by atoms with Crippen molar-refractivity contribution in [1.29, 1.82) is 0 Å². The van der Waals surface area contributed by atoms with Crippen LogP contribution < -0.4 is 5.32 Å². The number of hydrogen-bond acceptors (Lipinski definition) is 3. The Morgan fingerprint density at radius 1 is 1.32 bits per heavy atom. The van der Waals surface area contributed by atoms with E-state index < -0.39 is 0 Å². The fraction of sp³-hybridized carbons (Fsp3) is 0.800. The Balaban J connectivity index is 2.21. The summed E-state index contributed by atoms with van der Waals surface area (Å²) in [5.74, 6) is 0.242. The van der Waals surface area contributed by atoms with Crippen LogP contribution in [0.5, 0.6) is 0 Å². The number of rotatable bonds is 8. The second-order valence-electron chi connectivity index (χ2n) is 5.30.